The average Bonchev–Trinajstić information content (AvgIpc) is 2.97. The molecule has 1 aromatic heterocycles. The van der Waals surface area contributed by atoms with Crippen molar-refractivity contribution >= 4 is 28.8 Å². The van der Waals surface area contributed by atoms with Crippen molar-refractivity contribution in [2.24, 2.45) is 5.10 Å². The quantitative estimate of drug-likeness (QED) is 0.559. The number of H-pyrrole nitrogens is 1. The molecule has 0 aliphatic heterocycles. The summed E-state index contributed by atoms with van der Waals surface area (Å²) in [6.07, 6.45) is 1.78. The van der Waals surface area contributed by atoms with Crippen LogP contribution in [0.15, 0.2) is 53.6 Å². The molecule has 1 heterocycles. The number of hydrogen-bond acceptors (Lipinski definition) is 4. The lowest BCUT2D eigenvalue weighted by atomic mass is 10.2. The maximum atomic E-state index is 11.9. The number of nitrogens with zero attached hydrogens (tertiary/aromatic N) is 3. The third-order valence-corrected chi connectivity index (χ3v) is 3.58. The van der Waals surface area contributed by atoms with Crippen molar-refractivity contribution in [3.8, 4) is 0 Å². The van der Waals surface area contributed by atoms with Gasteiger partial charge in [-0.15, -0.1) is 0 Å². The van der Waals surface area contributed by atoms with Gasteiger partial charge in [0.25, 0.3) is 0 Å². The summed E-state index contributed by atoms with van der Waals surface area (Å²) in [4.78, 5) is 21.5. The Morgan fingerprint density at radius 3 is 2.67 bits per heavy atom. The molecule has 2 N–H and O–H groups in total. The van der Waals surface area contributed by atoms with Gasteiger partial charge in [0.2, 0.25) is 5.91 Å². The summed E-state index contributed by atoms with van der Waals surface area (Å²) >= 11 is 0. The Labute approximate surface area is 140 Å². The maximum absolute atomic E-state index is 11.9. The van der Waals surface area contributed by atoms with Crippen LogP contribution in [0.5, 0.6) is 0 Å². The molecule has 0 aliphatic carbocycles. The zero-order valence-corrected chi connectivity index (χ0v) is 13.7. The first-order chi connectivity index (χ1) is 11.6. The number of nitrogens with one attached hydrogen (secondary N) is 2. The van der Waals surface area contributed by atoms with Crippen LogP contribution in [-0.4, -0.2) is 36.2 Å². The minimum atomic E-state index is -0.213. The number of carbonyl (C=O) groups excluding carboxylic acids is 1. The normalized spacial score (nSPS) is 11.1. The van der Waals surface area contributed by atoms with Gasteiger partial charge in [0, 0.05) is 19.8 Å². The van der Waals surface area contributed by atoms with Crippen molar-refractivity contribution in [2.75, 3.05) is 19.0 Å². The second-order valence-electron chi connectivity index (χ2n) is 5.66. The molecule has 3 aromatic rings. The maximum Gasteiger partial charge on any atom is 0.247 e. The third-order valence-electron chi connectivity index (χ3n) is 3.58. The minimum absolute atomic E-state index is 0.158. The first-order valence-corrected chi connectivity index (χ1v) is 7.65. The molecule has 0 saturated heterocycles. The van der Waals surface area contributed by atoms with Gasteiger partial charge >= 0.3 is 0 Å². The molecule has 24 heavy (non-hydrogen) atoms. The molecule has 0 spiro atoms. The fraction of sp³-hybridized carbons (Fsp3) is 0.167. The summed E-state index contributed by atoms with van der Waals surface area (Å²) in [5.41, 5.74) is 6.33. The Kier molecular flexibility index (Phi) is 4.56. The lowest BCUT2D eigenvalue weighted by molar-refractivity contribution is -0.120. The number of benzene rings is 2. The van der Waals surface area contributed by atoms with Gasteiger partial charge in [0.05, 0.1) is 23.7 Å². The van der Waals surface area contributed by atoms with Crippen LogP contribution in [0, 0.1) is 0 Å². The van der Waals surface area contributed by atoms with E-state index in [0.717, 1.165) is 22.3 Å². The van der Waals surface area contributed by atoms with Crippen molar-refractivity contribution in [3.05, 3.63) is 59.9 Å². The van der Waals surface area contributed by atoms with E-state index in [0.29, 0.717) is 5.82 Å². The number of rotatable bonds is 5. The zero-order valence-electron chi connectivity index (χ0n) is 13.7. The number of anilines is 1. The van der Waals surface area contributed by atoms with Gasteiger partial charge in [-0.1, -0.05) is 24.3 Å². The van der Waals surface area contributed by atoms with E-state index in [9.17, 15) is 4.79 Å². The highest BCUT2D eigenvalue weighted by Crippen LogP contribution is 2.11. The molecule has 6 nitrogen and oxygen atoms in total. The van der Waals surface area contributed by atoms with Crippen molar-refractivity contribution < 1.29 is 4.79 Å². The summed E-state index contributed by atoms with van der Waals surface area (Å²) in [5.74, 6) is 0.412. The van der Waals surface area contributed by atoms with Crippen LogP contribution in [0.4, 0.5) is 5.69 Å². The summed E-state index contributed by atoms with van der Waals surface area (Å²) in [7, 11) is 3.97. The van der Waals surface area contributed by atoms with Gasteiger partial charge in [-0.2, -0.15) is 5.10 Å². The van der Waals surface area contributed by atoms with E-state index in [1.54, 1.807) is 6.21 Å². The number of imidazole rings is 1. The molecule has 3 rings (SSSR count). The molecule has 0 fully saturated rings. The number of fused-ring (bicyclic) bond motifs is 1. The smallest absolute Gasteiger partial charge is 0.247 e. The van der Waals surface area contributed by atoms with Crippen LogP contribution in [0.25, 0.3) is 11.0 Å². The van der Waals surface area contributed by atoms with Crippen molar-refractivity contribution in [3.63, 3.8) is 0 Å². The first kappa shape index (κ1) is 15.7. The van der Waals surface area contributed by atoms with E-state index in [2.05, 4.69) is 20.5 Å². The monoisotopic (exact) mass is 321 g/mol. The number of hydrazone groups is 1. The standard InChI is InChI=1S/C18H19N5O/c1-23(2)14-9-7-13(8-10-14)12-19-22-18(24)11-17-20-15-5-3-4-6-16(15)21-17/h3-10,12H,11H2,1-2H3,(H,20,21)(H,22,24). The highest BCUT2D eigenvalue weighted by Gasteiger charge is 2.07. The van der Waals surface area contributed by atoms with Crippen LogP contribution in [0.2, 0.25) is 0 Å². The average molecular weight is 321 g/mol. The van der Waals surface area contributed by atoms with Crippen LogP contribution in [-0.2, 0) is 11.2 Å². The van der Waals surface area contributed by atoms with Crippen molar-refractivity contribution in [1.29, 1.82) is 0 Å². The van der Waals surface area contributed by atoms with Crippen LogP contribution in [0.3, 0.4) is 0 Å². The minimum Gasteiger partial charge on any atom is -0.378 e. The largest absolute Gasteiger partial charge is 0.378 e. The van der Waals surface area contributed by atoms with E-state index >= 15 is 0 Å². The lowest BCUT2D eigenvalue weighted by Crippen LogP contribution is -2.20. The number of carbonyl (C=O) groups is 1. The summed E-state index contributed by atoms with van der Waals surface area (Å²) in [6.45, 7) is 0. The predicted octanol–water partition coefficient (Wildman–Crippen LogP) is 2.32. The molecule has 0 radical (unpaired) electrons. The van der Waals surface area contributed by atoms with Crippen LogP contribution >= 0.6 is 0 Å². The van der Waals surface area contributed by atoms with E-state index in [-0.39, 0.29) is 12.3 Å². The molecule has 0 unspecified atom stereocenters. The summed E-state index contributed by atoms with van der Waals surface area (Å²) < 4.78 is 0. The molecular formula is C18H19N5O. The van der Waals surface area contributed by atoms with Crippen molar-refractivity contribution in [1.82, 2.24) is 15.4 Å². The van der Waals surface area contributed by atoms with E-state index in [4.69, 9.17) is 0 Å². The molecule has 122 valence electrons. The van der Waals surface area contributed by atoms with Crippen LogP contribution < -0.4 is 10.3 Å². The van der Waals surface area contributed by atoms with Gasteiger partial charge in [0.15, 0.2) is 0 Å². The molecule has 0 saturated carbocycles. The lowest BCUT2D eigenvalue weighted by Gasteiger charge is -2.11. The second-order valence-corrected chi connectivity index (χ2v) is 5.66. The molecule has 2 aromatic carbocycles. The predicted molar refractivity (Wildman–Crippen MR) is 96.3 cm³/mol. The number of para-hydroxylation sites is 2. The van der Waals surface area contributed by atoms with Crippen LogP contribution in [0.1, 0.15) is 11.4 Å². The Balaban J connectivity index is 1.56. The number of amides is 1. The topological polar surface area (TPSA) is 73.4 Å². The van der Waals surface area contributed by atoms with E-state index in [1.165, 1.54) is 0 Å². The molecule has 0 bridgehead atoms. The number of aromatic nitrogens is 2. The van der Waals surface area contributed by atoms with Gasteiger partial charge in [-0.05, 0) is 29.8 Å². The Bertz CT molecular complexity index is 832. The Morgan fingerprint density at radius 2 is 1.96 bits per heavy atom. The number of aromatic amines is 1. The zero-order chi connectivity index (χ0) is 16.9. The first-order valence-electron chi connectivity index (χ1n) is 7.65. The Morgan fingerprint density at radius 1 is 1.21 bits per heavy atom. The second kappa shape index (κ2) is 6.95. The molecule has 1 amide bonds. The van der Waals surface area contributed by atoms with Crippen molar-refractivity contribution in [2.45, 2.75) is 6.42 Å². The van der Waals surface area contributed by atoms with Gasteiger partial charge in [0.1, 0.15) is 5.82 Å². The molecule has 0 aliphatic rings. The third kappa shape index (κ3) is 3.78. The Hall–Kier alpha value is -3.15. The highest BCUT2D eigenvalue weighted by molar-refractivity contribution is 5.84. The fourth-order valence-electron chi connectivity index (χ4n) is 2.32. The molecular weight excluding hydrogens is 302 g/mol. The molecule has 0 atom stereocenters. The van der Waals surface area contributed by atoms with E-state index in [1.807, 2.05) is 67.5 Å². The highest BCUT2D eigenvalue weighted by atomic mass is 16.2. The van der Waals surface area contributed by atoms with Gasteiger partial charge in [-0.3, -0.25) is 4.79 Å². The number of hydrogen-bond donors (Lipinski definition) is 2. The van der Waals surface area contributed by atoms with Gasteiger partial charge < -0.3 is 9.88 Å². The van der Waals surface area contributed by atoms with Gasteiger partial charge in [-0.25, -0.2) is 10.4 Å². The fourth-order valence-corrected chi connectivity index (χ4v) is 2.32. The summed E-state index contributed by atoms with van der Waals surface area (Å²) in [5, 5.41) is 3.99. The summed E-state index contributed by atoms with van der Waals surface area (Å²) in [6, 6.07) is 15.6. The SMILES string of the molecule is CN(C)c1ccc(C=NNC(=O)Cc2nc3ccccc3[nH]2)cc1. The van der Waals surface area contributed by atoms with E-state index < -0.39 is 0 Å². The molecule has 6 heteroatoms.